The van der Waals surface area contributed by atoms with E-state index in [2.05, 4.69) is 31.1 Å². The van der Waals surface area contributed by atoms with Crippen LogP contribution in [0.5, 0.6) is 0 Å². The van der Waals surface area contributed by atoms with Gasteiger partial charge < -0.3 is 10.2 Å². The average Bonchev–Trinajstić information content (AvgIpc) is 2.73. The highest BCUT2D eigenvalue weighted by molar-refractivity contribution is 4.90. The standard InChI is InChI=1S/C19H38N2/c1-17(2)14-20-15-19(12-8-9-13-19)16-21(3)18-10-6-4-5-7-11-18/h17-18,20H,4-16H2,1-3H3. The number of hydrogen-bond donors (Lipinski definition) is 1. The molecule has 2 aliphatic rings. The van der Waals surface area contributed by atoms with E-state index < -0.39 is 0 Å². The van der Waals surface area contributed by atoms with Crippen LogP contribution in [0.3, 0.4) is 0 Å². The highest BCUT2D eigenvalue weighted by atomic mass is 15.1. The first-order chi connectivity index (χ1) is 10.1. The predicted octanol–water partition coefficient (Wildman–Crippen LogP) is 4.45. The summed E-state index contributed by atoms with van der Waals surface area (Å²) in [5.41, 5.74) is 0.565. The molecule has 0 saturated heterocycles. The molecular formula is C19H38N2. The molecule has 0 aromatic heterocycles. The average molecular weight is 295 g/mol. The van der Waals surface area contributed by atoms with Crippen LogP contribution < -0.4 is 5.32 Å². The molecule has 2 heteroatoms. The van der Waals surface area contributed by atoms with Crippen molar-refractivity contribution in [1.29, 1.82) is 0 Å². The Bertz CT molecular complexity index is 273. The molecule has 2 nitrogen and oxygen atoms in total. The first-order valence-electron chi connectivity index (χ1n) is 9.52. The lowest BCUT2D eigenvalue weighted by Gasteiger charge is -2.38. The van der Waals surface area contributed by atoms with E-state index >= 15 is 0 Å². The van der Waals surface area contributed by atoms with Crippen molar-refractivity contribution in [2.24, 2.45) is 11.3 Å². The zero-order valence-corrected chi connectivity index (χ0v) is 14.8. The Kier molecular flexibility index (Phi) is 7.01. The van der Waals surface area contributed by atoms with Gasteiger partial charge in [0.1, 0.15) is 0 Å². The van der Waals surface area contributed by atoms with E-state index in [1.165, 1.54) is 83.8 Å². The summed E-state index contributed by atoms with van der Waals surface area (Å²) < 4.78 is 0. The molecule has 0 aromatic carbocycles. The number of nitrogens with one attached hydrogen (secondary N) is 1. The van der Waals surface area contributed by atoms with Crippen LogP contribution in [0, 0.1) is 11.3 Å². The highest BCUT2D eigenvalue weighted by Crippen LogP contribution is 2.39. The van der Waals surface area contributed by atoms with Crippen LogP contribution in [0.15, 0.2) is 0 Å². The monoisotopic (exact) mass is 294 g/mol. The molecule has 2 aliphatic carbocycles. The largest absolute Gasteiger partial charge is 0.316 e. The SMILES string of the molecule is CC(C)CNCC1(CN(C)C2CCCCCC2)CCCC1. The van der Waals surface area contributed by atoms with Crippen molar-refractivity contribution in [3.05, 3.63) is 0 Å². The van der Waals surface area contributed by atoms with E-state index in [4.69, 9.17) is 0 Å². The van der Waals surface area contributed by atoms with Gasteiger partial charge in [-0.25, -0.2) is 0 Å². The van der Waals surface area contributed by atoms with Gasteiger partial charge in [-0.15, -0.1) is 0 Å². The minimum Gasteiger partial charge on any atom is -0.316 e. The van der Waals surface area contributed by atoms with Crippen LogP contribution in [0.4, 0.5) is 0 Å². The van der Waals surface area contributed by atoms with Gasteiger partial charge >= 0.3 is 0 Å². The maximum atomic E-state index is 3.76. The van der Waals surface area contributed by atoms with E-state index in [1.807, 2.05) is 0 Å². The second kappa shape index (κ2) is 8.53. The van der Waals surface area contributed by atoms with E-state index in [0.29, 0.717) is 5.41 Å². The molecule has 21 heavy (non-hydrogen) atoms. The molecule has 0 radical (unpaired) electrons. The van der Waals surface area contributed by atoms with Gasteiger partial charge in [-0.05, 0) is 50.6 Å². The molecule has 124 valence electrons. The van der Waals surface area contributed by atoms with Gasteiger partial charge in [0.25, 0.3) is 0 Å². The van der Waals surface area contributed by atoms with Crippen molar-refractivity contribution in [3.63, 3.8) is 0 Å². The van der Waals surface area contributed by atoms with Crippen LogP contribution in [-0.2, 0) is 0 Å². The van der Waals surface area contributed by atoms with E-state index in [-0.39, 0.29) is 0 Å². The lowest BCUT2D eigenvalue weighted by atomic mass is 9.84. The third-order valence-electron chi connectivity index (χ3n) is 5.75. The Labute approximate surface area is 133 Å². The Morgan fingerprint density at radius 2 is 1.62 bits per heavy atom. The molecule has 0 atom stereocenters. The molecule has 0 heterocycles. The summed E-state index contributed by atoms with van der Waals surface area (Å²) in [5.74, 6) is 0.767. The molecule has 2 saturated carbocycles. The summed E-state index contributed by atoms with van der Waals surface area (Å²) in [5, 5.41) is 3.76. The maximum absolute atomic E-state index is 3.76. The van der Waals surface area contributed by atoms with Crippen molar-refractivity contribution in [2.45, 2.75) is 84.1 Å². The molecule has 0 amide bonds. The molecule has 0 unspecified atom stereocenters. The fourth-order valence-electron chi connectivity index (χ4n) is 4.50. The van der Waals surface area contributed by atoms with Crippen LogP contribution in [0.25, 0.3) is 0 Å². The van der Waals surface area contributed by atoms with E-state index in [0.717, 1.165) is 12.0 Å². The molecule has 0 aliphatic heterocycles. The van der Waals surface area contributed by atoms with Crippen molar-refractivity contribution in [3.8, 4) is 0 Å². The van der Waals surface area contributed by atoms with Crippen molar-refractivity contribution in [1.82, 2.24) is 10.2 Å². The van der Waals surface area contributed by atoms with Gasteiger partial charge in [-0.2, -0.15) is 0 Å². The summed E-state index contributed by atoms with van der Waals surface area (Å²) in [7, 11) is 2.40. The van der Waals surface area contributed by atoms with Crippen LogP contribution in [-0.4, -0.2) is 37.6 Å². The quantitative estimate of drug-likeness (QED) is 0.698. The van der Waals surface area contributed by atoms with Crippen molar-refractivity contribution >= 4 is 0 Å². The second-order valence-electron chi connectivity index (χ2n) is 8.29. The van der Waals surface area contributed by atoms with Crippen molar-refractivity contribution in [2.75, 3.05) is 26.7 Å². The molecule has 2 fully saturated rings. The van der Waals surface area contributed by atoms with Gasteiger partial charge in [0.05, 0.1) is 0 Å². The predicted molar refractivity (Wildman–Crippen MR) is 92.7 cm³/mol. The van der Waals surface area contributed by atoms with E-state index in [1.54, 1.807) is 0 Å². The van der Waals surface area contributed by atoms with Crippen LogP contribution >= 0.6 is 0 Å². The molecular weight excluding hydrogens is 256 g/mol. The zero-order chi connectivity index (χ0) is 15.1. The van der Waals surface area contributed by atoms with Gasteiger partial charge in [-0.3, -0.25) is 0 Å². The Hall–Kier alpha value is -0.0800. The van der Waals surface area contributed by atoms with E-state index in [9.17, 15) is 0 Å². The summed E-state index contributed by atoms with van der Waals surface area (Å²) in [6.45, 7) is 8.36. The molecule has 0 bridgehead atoms. The molecule has 0 spiro atoms. The first-order valence-corrected chi connectivity index (χ1v) is 9.52. The lowest BCUT2D eigenvalue weighted by molar-refractivity contribution is 0.125. The van der Waals surface area contributed by atoms with Crippen LogP contribution in [0.1, 0.15) is 78.1 Å². The van der Waals surface area contributed by atoms with Gasteiger partial charge in [0, 0.05) is 19.1 Å². The Balaban J connectivity index is 1.85. The highest BCUT2D eigenvalue weighted by Gasteiger charge is 2.35. The molecule has 0 aromatic rings. The minimum atomic E-state index is 0.565. The number of rotatable bonds is 7. The maximum Gasteiger partial charge on any atom is 0.00924 e. The van der Waals surface area contributed by atoms with Gasteiger partial charge in [0.15, 0.2) is 0 Å². The summed E-state index contributed by atoms with van der Waals surface area (Å²) in [6, 6.07) is 0.857. The zero-order valence-electron chi connectivity index (χ0n) is 14.8. The minimum absolute atomic E-state index is 0.565. The fourth-order valence-corrected chi connectivity index (χ4v) is 4.50. The second-order valence-corrected chi connectivity index (χ2v) is 8.29. The summed E-state index contributed by atoms with van der Waals surface area (Å²) in [4.78, 5) is 2.73. The summed E-state index contributed by atoms with van der Waals surface area (Å²) in [6.07, 6.45) is 14.5. The third-order valence-corrected chi connectivity index (χ3v) is 5.75. The van der Waals surface area contributed by atoms with Crippen molar-refractivity contribution < 1.29 is 0 Å². The number of hydrogen-bond acceptors (Lipinski definition) is 2. The number of nitrogens with zero attached hydrogens (tertiary/aromatic N) is 1. The molecule has 2 rings (SSSR count). The fraction of sp³-hybridized carbons (Fsp3) is 1.00. The molecule has 1 N–H and O–H groups in total. The third kappa shape index (κ3) is 5.56. The topological polar surface area (TPSA) is 15.3 Å². The normalized spacial score (nSPS) is 23.9. The smallest absolute Gasteiger partial charge is 0.00924 e. The Morgan fingerprint density at radius 1 is 1.00 bits per heavy atom. The van der Waals surface area contributed by atoms with Gasteiger partial charge in [0.2, 0.25) is 0 Å². The van der Waals surface area contributed by atoms with Gasteiger partial charge in [-0.1, -0.05) is 52.4 Å². The summed E-state index contributed by atoms with van der Waals surface area (Å²) >= 11 is 0. The Morgan fingerprint density at radius 3 is 2.19 bits per heavy atom. The lowest BCUT2D eigenvalue weighted by Crippen LogP contribution is -2.45. The first kappa shape index (κ1) is 17.3. The van der Waals surface area contributed by atoms with Crippen LogP contribution in [0.2, 0.25) is 0 Å².